The predicted octanol–water partition coefficient (Wildman–Crippen LogP) is 3.73. The van der Waals surface area contributed by atoms with Gasteiger partial charge in [0.25, 0.3) is 0 Å². The molecule has 0 heterocycles. The van der Waals surface area contributed by atoms with Crippen LogP contribution < -0.4 is 5.32 Å². The fourth-order valence-electron chi connectivity index (χ4n) is 2.20. The summed E-state index contributed by atoms with van der Waals surface area (Å²) < 4.78 is 6.03. The largest absolute Gasteiger partial charge is 0.385 e. The van der Waals surface area contributed by atoms with Gasteiger partial charge in [-0.3, -0.25) is 4.79 Å². The maximum Gasteiger partial charge on any atom is 0.227 e. The van der Waals surface area contributed by atoms with Crippen LogP contribution in [0.25, 0.3) is 0 Å². The van der Waals surface area contributed by atoms with Gasteiger partial charge < -0.3 is 10.1 Å². The number of unbranched alkanes of at least 4 members (excludes halogenated alkanes) is 1. The highest BCUT2D eigenvalue weighted by Crippen LogP contribution is 2.26. The number of hydrogen-bond acceptors (Lipinski definition) is 2. The lowest BCUT2D eigenvalue weighted by Gasteiger charge is -2.21. The van der Waals surface area contributed by atoms with Gasteiger partial charge in [0, 0.05) is 24.7 Å². The van der Waals surface area contributed by atoms with E-state index in [0.29, 0.717) is 6.54 Å². The minimum atomic E-state index is -0.0921. The van der Waals surface area contributed by atoms with Gasteiger partial charge in [0.1, 0.15) is 0 Å². The first kappa shape index (κ1) is 17.2. The van der Waals surface area contributed by atoms with Crippen molar-refractivity contribution < 1.29 is 9.53 Å². The van der Waals surface area contributed by atoms with Crippen LogP contribution in [0.15, 0.2) is 28.7 Å². The molecular formula is C16H24BrNO2. The van der Waals surface area contributed by atoms with Crippen LogP contribution in [-0.4, -0.2) is 26.2 Å². The van der Waals surface area contributed by atoms with Crippen molar-refractivity contribution in [3.8, 4) is 0 Å². The SMILES string of the molecule is COCCCCNC(=O)C(c1ccc(Br)cc1)C(C)C. The molecule has 0 aliphatic heterocycles. The standard InChI is InChI=1S/C16H24BrNO2/c1-12(2)15(13-6-8-14(17)9-7-13)16(19)18-10-4-5-11-20-3/h6-9,12,15H,4-5,10-11H2,1-3H3,(H,18,19). The number of ether oxygens (including phenoxy) is 1. The lowest BCUT2D eigenvalue weighted by atomic mass is 9.87. The molecule has 0 saturated heterocycles. The summed E-state index contributed by atoms with van der Waals surface area (Å²) in [5.74, 6) is 0.292. The topological polar surface area (TPSA) is 38.3 Å². The Bertz CT molecular complexity index is 403. The maximum atomic E-state index is 12.3. The van der Waals surface area contributed by atoms with Crippen LogP contribution in [0.4, 0.5) is 0 Å². The first-order valence-electron chi connectivity index (χ1n) is 7.08. The highest BCUT2D eigenvalue weighted by molar-refractivity contribution is 9.10. The van der Waals surface area contributed by atoms with Gasteiger partial charge in [-0.15, -0.1) is 0 Å². The third-order valence-corrected chi connectivity index (χ3v) is 3.78. The molecule has 0 aliphatic carbocycles. The van der Waals surface area contributed by atoms with Crippen molar-refractivity contribution in [2.45, 2.75) is 32.6 Å². The molecule has 3 nitrogen and oxygen atoms in total. The number of methoxy groups -OCH3 is 1. The summed E-state index contributed by atoms with van der Waals surface area (Å²) in [6.45, 7) is 5.62. The third-order valence-electron chi connectivity index (χ3n) is 3.25. The molecule has 0 spiro atoms. The quantitative estimate of drug-likeness (QED) is 0.731. The van der Waals surface area contributed by atoms with E-state index in [1.54, 1.807) is 7.11 Å². The molecule has 1 aromatic rings. The molecule has 112 valence electrons. The molecule has 1 aromatic carbocycles. The fourth-order valence-corrected chi connectivity index (χ4v) is 2.47. The van der Waals surface area contributed by atoms with Crippen molar-refractivity contribution in [1.29, 1.82) is 0 Å². The van der Waals surface area contributed by atoms with Crippen molar-refractivity contribution in [2.75, 3.05) is 20.3 Å². The first-order chi connectivity index (χ1) is 9.56. The van der Waals surface area contributed by atoms with Crippen molar-refractivity contribution >= 4 is 21.8 Å². The zero-order valence-electron chi connectivity index (χ0n) is 12.5. The van der Waals surface area contributed by atoms with Gasteiger partial charge in [0.2, 0.25) is 5.91 Å². The van der Waals surface area contributed by atoms with Crippen molar-refractivity contribution in [3.05, 3.63) is 34.3 Å². The highest BCUT2D eigenvalue weighted by atomic mass is 79.9. The smallest absolute Gasteiger partial charge is 0.227 e. The van der Waals surface area contributed by atoms with E-state index in [2.05, 4.69) is 35.1 Å². The first-order valence-corrected chi connectivity index (χ1v) is 7.87. The number of nitrogens with one attached hydrogen (secondary N) is 1. The van der Waals surface area contributed by atoms with Gasteiger partial charge >= 0.3 is 0 Å². The Morgan fingerprint density at radius 3 is 2.45 bits per heavy atom. The van der Waals surface area contributed by atoms with E-state index < -0.39 is 0 Å². The monoisotopic (exact) mass is 341 g/mol. The van der Waals surface area contributed by atoms with E-state index in [0.717, 1.165) is 29.5 Å². The predicted molar refractivity (Wildman–Crippen MR) is 85.8 cm³/mol. The number of halogens is 1. The molecule has 1 unspecified atom stereocenters. The van der Waals surface area contributed by atoms with Crippen LogP contribution in [-0.2, 0) is 9.53 Å². The Labute approximate surface area is 130 Å². The molecule has 0 fully saturated rings. The summed E-state index contributed by atoms with van der Waals surface area (Å²) in [5, 5.41) is 3.03. The number of carbonyl (C=O) groups excluding carboxylic acids is 1. The van der Waals surface area contributed by atoms with E-state index in [1.165, 1.54) is 0 Å². The average Bonchev–Trinajstić information content (AvgIpc) is 2.40. The summed E-state index contributed by atoms with van der Waals surface area (Å²) in [5.41, 5.74) is 1.07. The van der Waals surface area contributed by atoms with Crippen LogP contribution in [0.1, 0.15) is 38.2 Å². The van der Waals surface area contributed by atoms with Crippen LogP contribution in [0.2, 0.25) is 0 Å². The van der Waals surface area contributed by atoms with E-state index in [4.69, 9.17) is 4.74 Å². The second-order valence-corrected chi connectivity index (χ2v) is 6.18. The molecule has 20 heavy (non-hydrogen) atoms. The van der Waals surface area contributed by atoms with Crippen molar-refractivity contribution in [1.82, 2.24) is 5.32 Å². The molecule has 4 heteroatoms. The van der Waals surface area contributed by atoms with Crippen LogP contribution in [0, 0.1) is 5.92 Å². The lowest BCUT2D eigenvalue weighted by molar-refractivity contribution is -0.123. The molecule has 1 rings (SSSR count). The summed E-state index contributed by atoms with van der Waals surface area (Å²) in [6, 6.07) is 7.99. The Kier molecular flexibility index (Phi) is 7.85. The number of hydrogen-bond donors (Lipinski definition) is 1. The Morgan fingerprint density at radius 1 is 1.25 bits per heavy atom. The second kappa shape index (κ2) is 9.14. The molecule has 1 amide bonds. The van der Waals surface area contributed by atoms with Gasteiger partial charge in [0.05, 0.1) is 5.92 Å². The van der Waals surface area contributed by atoms with Gasteiger partial charge in [-0.05, 0) is 36.5 Å². The summed E-state index contributed by atoms with van der Waals surface area (Å²) in [7, 11) is 1.70. The maximum absolute atomic E-state index is 12.3. The van der Waals surface area contributed by atoms with Gasteiger partial charge in [-0.2, -0.15) is 0 Å². The summed E-state index contributed by atoms with van der Waals surface area (Å²) >= 11 is 3.42. The van der Waals surface area contributed by atoms with E-state index in [9.17, 15) is 4.79 Å². The highest BCUT2D eigenvalue weighted by Gasteiger charge is 2.23. The van der Waals surface area contributed by atoms with E-state index in [1.807, 2.05) is 24.3 Å². The van der Waals surface area contributed by atoms with Crippen LogP contribution in [0.3, 0.4) is 0 Å². The van der Waals surface area contributed by atoms with Gasteiger partial charge in [-0.1, -0.05) is 41.9 Å². The average molecular weight is 342 g/mol. The van der Waals surface area contributed by atoms with E-state index >= 15 is 0 Å². The van der Waals surface area contributed by atoms with Crippen LogP contribution in [0.5, 0.6) is 0 Å². The number of carbonyl (C=O) groups is 1. The minimum Gasteiger partial charge on any atom is -0.385 e. The van der Waals surface area contributed by atoms with Gasteiger partial charge in [0.15, 0.2) is 0 Å². The number of benzene rings is 1. The number of amides is 1. The fraction of sp³-hybridized carbons (Fsp3) is 0.562. The number of rotatable bonds is 8. The molecule has 0 aromatic heterocycles. The van der Waals surface area contributed by atoms with Crippen molar-refractivity contribution in [2.24, 2.45) is 5.92 Å². The third kappa shape index (κ3) is 5.63. The second-order valence-electron chi connectivity index (χ2n) is 5.26. The molecular weight excluding hydrogens is 318 g/mol. The lowest BCUT2D eigenvalue weighted by Crippen LogP contribution is -2.32. The Balaban J connectivity index is 2.57. The summed E-state index contributed by atoms with van der Waals surface area (Å²) in [6.07, 6.45) is 1.92. The minimum absolute atomic E-state index is 0.0921. The molecule has 0 radical (unpaired) electrons. The molecule has 0 aliphatic rings. The molecule has 0 bridgehead atoms. The summed E-state index contributed by atoms with van der Waals surface area (Å²) in [4.78, 5) is 12.3. The Hall–Kier alpha value is -0.870. The molecule has 1 N–H and O–H groups in total. The molecule has 0 saturated carbocycles. The Morgan fingerprint density at radius 2 is 1.90 bits per heavy atom. The van der Waals surface area contributed by atoms with Crippen molar-refractivity contribution in [3.63, 3.8) is 0 Å². The zero-order chi connectivity index (χ0) is 15.0. The normalized spacial score (nSPS) is 12.4. The van der Waals surface area contributed by atoms with Crippen LogP contribution >= 0.6 is 15.9 Å². The van der Waals surface area contributed by atoms with Gasteiger partial charge in [-0.25, -0.2) is 0 Å². The molecule has 1 atom stereocenters. The van der Waals surface area contributed by atoms with E-state index in [-0.39, 0.29) is 17.7 Å². The zero-order valence-corrected chi connectivity index (χ0v) is 14.1.